The first-order chi connectivity index (χ1) is 10.0. The summed E-state index contributed by atoms with van der Waals surface area (Å²) < 4.78 is 6.49. The number of aliphatic hydroxyl groups excluding tert-OH is 1. The molecule has 2 heterocycles. The third-order valence-electron chi connectivity index (χ3n) is 3.73. The Morgan fingerprint density at radius 1 is 1.48 bits per heavy atom. The monoisotopic (exact) mass is 291 g/mol. The van der Waals surface area contributed by atoms with Crippen molar-refractivity contribution in [2.75, 3.05) is 18.4 Å². The van der Waals surface area contributed by atoms with Gasteiger partial charge < -0.3 is 19.7 Å². The van der Waals surface area contributed by atoms with E-state index < -0.39 is 11.9 Å². The Morgan fingerprint density at radius 3 is 3.05 bits per heavy atom. The Balaban J connectivity index is 1.78. The zero-order chi connectivity index (χ0) is 15.0. The van der Waals surface area contributed by atoms with Crippen LogP contribution in [0.4, 0.5) is 10.5 Å². The molecule has 1 aromatic carbocycles. The van der Waals surface area contributed by atoms with Gasteiger partial charge in [0.15, 0.2) is 5.58 Å². The molecule has 3 rings (SSSR count). The first kappa shape index (κ1) is 13.7. The molecule has 0 radical (unpaired) electrons. The number of oxazole rings is 1. The van der Waals surface area contributed by atoms with Crippen molar-refractivity contribution in [2.45, 2.75) is 18.9 Å². The summed E-state index contributed by atoms with van der Waals surface area (Å²) in [6, 6.07) is 4.80. The second kappa shape index (κ2) is 5.25. The quantitative estimate of drug-likeness (QED) is 0.824. The number of piperidine rings is 1. The van der Waals surface area contributed by atoms with Gasteiger partial charge in [0.25, 0.3) is 0 Å². The highest BCUT2D eigenvalue weighted by atomic mass is 16.4. The van der Waals surface area contributed by atoms with Crippen molar-refractivity contribution in [1.82, 2.24) is 9.47 Å². The van der Waals surface area contributed by atoms with E-state index in [1.54, 1.807) is 30.1 Å². The van der Waals surface area contributed by atoms with Gasteiger partial charge in [0.1, 0.15) is 0 Å². The molecule has 2 aromatic rings. The summed E-state index contributed by atoms with van der Waals surface area (Å²) in [6.45, 7) is 0.972. The lowest BCUT2D eigenvalue weighted by atomic mass is 10.1. The number of anilines is 1. The van der Waals surface area contributed by atoms with E-state index in [1.165, 1.54) is 4.57 Å². The number of aliphatic hydroxyl groups is 1. The lowest BCUT2D eigenvalue weighted by molar-refractivity contribution is 0.0883. The molecule has 0 bridgehead atoms. The molecular formula is C14H17N3O4. The third kappa shape index (κ3) is 2.64. The molecule has 2 N–H and O–H groups in total. The maximum absolute atomic E-state index is 12.1. The minimum absolute atomic E-state index is 0.258. The van der Waals surface area contributed by atoms with Gasteiger partial charge >= 0.3 is 11.8 Å². The number of hydrogen-bond donors (Lipinski definition) is 2. The maximum Gasteiger partial charge on any atom is 0.419 e. The van der Waals surface area contributed by atoms with Crippen molar-refractivity contribution in [2.24, 2.45) is 7.05 Å². The van der Waals surface area contributed by atoms with Gasteiger partial charge in [-0.15, -0.1) is 0 Å². The van der Waals surface area contributed by atoms with E-state index in [2.05, 4.69) is 5.32 Å². The van der Waals surface area contributed by atoms with Crippen LogP contribution in [0, 0.1) is 0 Å². The topological polar surface area (TPSA) is 87.7 Å². The van der Waals surface area contributed by atoms with Crippen LogP contribution in [0.25, 0.3) is 11.1 Å². The zero-order valence-corrected chi connectivity index (χ0v) is 11.7. The molecule has 0 aliphatic carbocycles. The number of β-amino-alcohol motifs (C(OH)–C–C–N with tert-alkyl or cyclic N) is 1. The minimum Gasteiger partial charge on any atom is -0.408 e. The fourth-order valence-electron chi connectivity index (χ4n) is 2.55. The van der Waals surface area contributed by atoms with Gasteiger partial charge in [0.2, 0.25) is 0 Å². The summed E-state index contributed by atoms with van der Waals surface area (Å²) in [7, 11) is 1.63. The fraction of sp³-hybridized carbons (Fsp3) is 0.429. The average molecular weight is 291 g/mol. The number of hydrogen-bond acceptors (Lipinski definition) is 4. The lowest BCUT2D eigenvalue weighted by Crippen LogP contribution is -2.44. The Hall–Kier alpha value is -2.28. The number of nitrogens with one attached hydrogen (secondary N) is 1. The third-order valence-corrected chi connectivity index (χ3v) is 3.73. The summed E-state index contributed by atoms with van der Waals surface area (Å²) >= 11 is 0. The van der Waals surface area contributed by atoms with Crippen molar-refractivity contribution in [3.8, 4) is 0 Å². The number of carbonyl (C=O) groups is 1. The van der Waals surface area contributed by atoms with Gasteiger partial charge in [-0.05, 0) is 25.0 Å². The largest absolute Gasteiger partial charge is 0.419 e. The molecule has 21 heavy (non-hydrogen) atoms. The highest BCUT2D eigenvalue weighted by Crippen LogP contribution is 2.19. The maximum atomic E-state index is 12.1. The van der Waals surface area contributed by atoms with Crippen molar-refractivity contribution >= 4 is 22.8 Å². The van der Waals surface area contributed by atoms with E-state index in [0.29, 0.717) is 29.9 Å². The van der Waals surface area contributed by atoms with E-state index in [0.717, 1.165) is 12.8 Å². The molecule has 1 atom stereocenters. The van der Waals surface area contributed by atoms with Crippen LogP contribution in [0.1, 0.15) is 12.8 Å². The molecule has 112 valence electrons. The molecule has 1 unspecified atom stereocenters. The van der Waals surface area contributed by atoms with E-state index in [-0.39, 0.29) is 6.03 Å². The van der Waals surface area contributed by atoms with Crippen molar-refractivity contribution in [3.05, 3.63) is 28.7 Å². The van der Waals surface area contributed by atoms with Gasteiger partial charge in [-0.25, -0.2) is 9.59 Å². The van der Waals surface area contributed by atoms with Gasteiger partial charge in [0, 0.05) is 31.9 Å². The SMILES string of the molecule is Cn1c(=O)oc2cc(NC(=O)N3CCCC(O)C3)ccc21. The van der Waals surface area contributed by atoms with Crippen LogP contribution < -0.4 is 11.1 Å². The van der Waals surface area contributed by atoms with Gasteiger partial charge in [-0.3, -0.25) is 4.57 Å². The first-order valence-corrected chi connectivity index (χ1v) is 6.88. The average Bonchev–Trinajstić information content (AvgIpc) is 2.73. The van der Waals surface area contributed by atoms with Crippen molar-refractivity contribution in [1.29, 1.82) is 0 Å². The van der Waals surface area contributed by atoms with Crippen molar-refractivity contribution in [3.63, 3.8) is 0 Å². The summed E-state index contributed by atoms with van der Waals surface area (Å²) in [5.41, 5.74) is 1.66. The number of likely N-dealkylation sites (tertiary alicyclic amines) is 1. The number of nitrogens with zero attached hydrogens (tertiary/aromatic N) is 2. The summed E-state index contributed by atoms with van der Waals surface area (Å²) in [5, 5.41) is 12.4. The highest BCUT2D eigenvalue weighted by molar-refractivity contribution is 5.91. The summed E-state index contributed by atoms with van der Waals surface area (Å²) in [5.74, 6) is -0.437. The number of benzene rings is 1. The summed E-state index contributed by atoms with van der Waals surface area (Å²) in [6.07, 6.45) is 1.06. The number of urea groups is 1. The number of amides is 2. The zero-order valence-electron chi connectivity index (χ0n) is 11.7. The Kier molecular flexibility index (Phi) is 3.42. The molecule has 0 saturated carbocycles. The Labute approximate surface area is 120 Å². The van der Waals surface area contributed by atoms with Crippen LogP contribution in [0.5, 0.6) is 0 Å². The molecule has 1 aliphatic heterocycles. The van der Waals surface area contributed by atoms with Crippen LogP contribution in [0.2, 0.25) is 0 Å². The molecule has 0 spiro atoms. The van der Waals surface area contributed by atoms with Crippen molar-refractivity contribution < 1.29 is 14.3 Å². The lowest BCUT2D eigenvalue weighted by Gasteiger charge is -2.30. The smallest absolute Gasteiger partial charge is 0.408 e. The van der Waals surface area contributed by atoms with Crippen LogP contribution in [-0.2, 0) is 7.05 Å². The fourth-order valence-corrected chi connectivity index (χ4v) is 2.55. The Bertz CT molecular complexity index is 733. The molecule has 1 aliphatic rings. The van der Waals surface area contributed by atoms with Crippen LogP contribution in [-0.4, -0.2) is 39.8 Å². The molecule has 1 aromatic heterocycles. The van der Waals surface area contributed by atoms with Crippen LogP contribution in [0.3, 0.4) is 0 Å². The number of aromatic nitrogens is 1. The second-order valence-corrected chi connectivity index (χ2v) is 5.28. The summed E-state index contributed by atoms with van der Waals surface area (Å²) in [4.78, 5) is 25.1. The molecule has 1 saturated heterocycles. The molecule has 7 heteroatoms. The van der Waals surface area contributed by atoms with Gasteiger partial charge in [0.05, 0.1) is 11.6 Å². The number of fused-ring (bicyclic) bond motifs is 1. The second-order valence-electron chi connectivity index (χ2n) is 5.28. The molecular weight excluding hydrogens is 274 g/mol. The first-order valence-electron chi connectivity index (χ1n) is 6.88. The predicted octanol–water partition coefficient (Wildman–Crippen LogP) is 1.12. The normalized spacial score (nSPS) is 19.0. The number of aryl methyl sites for hydroxylation is 1. The number of rotatable bonds is 1. The standard InChI is InChI=1S/C14H17N3O4/c1-16-11-5-4-9(7-12(11)21-14(16)20)15-13(19)17-6-2-3-10(18)8-17/h4-5,7,10,18H,2-3,6,8H2,1H3,(H,15,19). The van der Waals surface area contributed by atoms with Crippen LogP contribution in [0.15, 0.2) is 27.4 Å². The van der Waals surface area contributed by atoms with E-state index in [9.17, 15) is 14.7 Å². The van der Waals surface area contributed by atoms with E-state index in [1.807, 2.05) is 0 Å². The van der Waals surface area contributed by atoms with Gasteiger partial charge in [-0.1, -0.05) is 0 Å². The van der Waals surface area contributed by atoms with E-state index >= 15 is 0 Å². The molecule has 1 fully saturated rings. The number of carbonyl (C=O) groups excluding carboxylic acids is 1. The van der Waals surface area contributed by atoms with E-state index in [4.69, 9.17) is 4.42 Å². The van der Waals surface area contributed by atoms with Crippen LogP contribution >= 0.6 is 0 Å². The molecule has 2 amide bonds. The highest BCUT2D eigenvalue weighted by Gasteiger charge is 2.22. The van der Waals surface area contributed by atoms with Gasteiger partial charge in [-0.2, -0.15) is 0 Å². The predicted molar refractivity (Wildman–Crippen MR) is 77.3 cm³/mol. The minimum atomic E-state index is -0.459. The Morgan fingerprint density at radius 2 is 2.29 bits per heavy atom. The molecule has 7 nitrogen and oxygen atoms in total.